The van der Waals surface area contributed by atoms with E-state index >= 15 is 0 Å². The van der Waals surface area contributed by atoms with Crippen LogP contribution in [0.4, 0.5) is 5.82 Å². The third kappa shape index (κ3) is 3.90. The number of rotatable bonds is 5. The van der Waals surface area contributed by atoms with E-state index in [9.17, 15) is 4.79 Å². The topological polar surface area (TPSA) is 82.2 Å². The standard InChI is InChI=1S/C25H28N4O2/c26-24(30)22-23(18-11-13-20(14-12-18)31-19-9-5-2-6-10-19)28-29-21(15-16-27-25(22)29)17-7-3-1-4-8-17/h2,5-6,9-14,17,21,27H,1,3-4,7-8,15-16H2,(H2,26,30)/t21-/m0/s1. The van der Waals surface area contributed by atoms with Crippen LogP contribution in [-0.4, -0.2) is 22.2 Å². The molecule has 1 atom stereocenters. The molecule has 160 valence electrons. The van der Waals surface area contributed by atoms with Gasteiger partial charge in [0.25, 0.3) is 5.91 Å². The second-order valence-corrected chi connectivity index (χ2v) is 8.50. The number of primary amides is 1. The first-order valence-corrected chi connectivity index (χ1v) is 11.2. The number of nitrogens with one attached hydrogen (secondary N) is 1. The van der Waals surface area contributed by atoms with Crippen LogP contribution in [0.15, 0.2) is 54.6 Å². The fourth-order valence-corrected chi connectivity index (χ4v) is 5.00. The molecule has 6 heteroatoms. The van der Waals surface area contributed by atoms with E-state index in [1.165, 1.54) is 32.1 Å². The third-order valence-corrected chi connectivity index (χ3v) is 6.50. The molecule has 1 aliphatic heterocycles. The summed E-state index contributed by atoms with van der Waals surface area (Å²) in [6.45, 7) is 0.844. The quantitative estimate of drug-likeness (QED) is 0.585. The molecule has 3 aromatic rings. The minimum Gasteiger partial charge on any atom is -0.457 e. The van der Waals surface area contributed by atoms with E-state index in [1.54, 1.807) is 0 Å². The van der Waals surface area contributed by atoms with Crippen molar-refractivity contribution < 1.29 is 9.53 Å². The Labute approximate surface area is 182 Å². The first-order valence-electron chi connectivity index (χ1n) is 11.2. The number of amides is 1. The number of ether oxygens (including phenoxy) is 1. The molecule has 31 heavy (non-hydrogen) atoms. The summed E-state index contributed by atoms with van der Waals surface area (Å²) in [7, 11) is 0. The number of carbonyl (C=O) groups excluding carboxylic acids is 1. The Morgan fingerprint density at radius 1 is 0.968 bits per heavy atom. The molecule has 1 aliphatic carbocycles. The zero-order valence-corrected chi connectivity index (χ0v) is 17.6. The predicted octanol–water partition coefficient (Wildman–Crippen LogP) is 5.38. The highest BCUT2D eigenvalue weighted by atomic mass is 16.5. The van der Waals surface area contributed by atoms with Crippen molar-refractivity contribution in [3.8, 4) is 22.8 Å². The summed E-state index contributed by atoms with van der Waals surface area (Å²) in [6, 6.07) is 17.7. The third-order valence-electron chi connectivity index (χ3n) is 6.50. The van der Waals surface area contributed by atoms with Gasteiger partial charge in [0.2, 0.25) is 0 Å². The Morgan fingerprint density at radius 2 is 1.68 bits per heavy atom. The second-order valence-electron chi connectivity index (χ2n) is 8.50. The zero-order valence-electron chi connectivity index (χ0n) is 17.6. The SMILES string of the molecule is NC(=O)c1c(-c2ccc(Oc3ccccc3)cc2)nn2c1NCC[C@H]2C1CCCCC1. The lowest BCUT2D eigenvalue weighted by Crippen LogP contribution is -2.31. The van der Waals surface area contributed by atoms with Crippen molar-refractivity contribution in [1.82, 2.24) is 9.78 Å². The Bertz CT molecular complexity index is 1050. The van der Waals surface area contributed by atoms with Gasteiger partial charge in [-0.15, -0.1) is 0 Å². The zero-order chi connectivity index (χ0) is 21.2. The molecule has 2 aliphatic rings. The highest BCUT2D eigenvalue weighted by molar-refractivity contribution is 6.03. The Morgan fingerprint density at radius 3 is 2.39 bits per heavy atom. The molecule has 5 rings (SSSR count). The largest absolute Gasteiger partial charge is 0.457 e. The van der Waals surface area contributed by atoms with E-state index in [0.29, 0.717) is 23.2 Å². The normalized spacial score (nSPS) is 18.8. The van der Waals surface area contributed by atoms with E-state index in [2.05, 4.69) is 5.32 Å². The van der Waals surface area contributed by atoms with Gasteiger partial charge in [0.15, 0.2) is 0 Å². The lowest BCUT2D eigenvalue weighted by atomic mass is 9.82. The first-order chi connectivity index (χ1) is 15.2. The van der Waals surface area contributed by atoms with Crippen LogP contribution in [0.3, 0.4) is 0 Å². The Kier molecular flexibility index (Phi) is 5.37. The van der Waals surface area contributed by atoms with Crippen LogP contribution >= 0.6 is 0 Å². The molecule has 6 nitrogen and oxygen atoms in total. The number of hydrogen-bond donors (Lipinski definition) is 2. The van der Waals surface area contributed by atoms with Crippen molar-refractivity contribution in [2.75, 3.05) is 11.9 Å². The summed E-state index contributed by atoms with van der Waals surface area (Å²) in [4.78, 5) is 12.4. The van der Waals surface area contributed by atoms with Crippen molar-refractivity contribution in [2.24, 2.45) is 11.7 Å². The average Bonchev–Trinajstić information content (AvgIpc) is 3.21. The summed E-state index contributed by atoms with van der Waals surface area (Å²) in [5, 5.41) is 8.32. The van der Waals surface area contributed by atoms with Gasteiger partial charge in [-0.25, -0.2) is 4.68 Å². The fraction of sp³-hybridized carbons (Fsp3) is 0.360. The Hall–Kier alpha value is -3.28. The summed E-state index contributed by atoms with van der Waals surface area (Å²) < 4.78 is 7.94. The van der Waals surface area contributed by atoms with Crippen molar-refractivity contribution in [1.29, 1.82) is 0 Å². The molecular formula is C25H28N4O2. The highest BCUT2D eigenvalue weighted by Crippen LogP contribution is 2.41. The van der Waals surface area contributed by atoms with Gasteiger partial charge in [0, 0.05) is 12.1 Å². The monoisotopic (exact) mass is 416 g/mol. The number of para-hydroxylation sites is 1. The molecule has 0 saturated heterocycles. The number of aromatic nitrogens is 2. The molecule has 0 radical (unpaired) electrons. The lowest BCUT2D eigenvalue weighted by molar-refractivity contribution is 0.100. The van der Waals surface area contributed by atoms with Gasteiger partial charge in [-0.3, -0.25) is 4.79 Å². The molecule has 3 N–H and O–H groups in total. The first kappa shape index (κ1) is 19.7. The molecule has 0 unspecified atom stereocenters. The molecular weight excluding hydrogens is 388 g/mol. The minimum atomic E-state index is -0.447. The summed E-state index contributed by atoms with van der Waals surface area (Å²) in [5.74, 6) is 2.46. The summed E-state index contributed by atoms with van der Waals surface area (Å²) in [6.07, 6.45) is 7.38. The van der Waals surface area contributed by atoms with E-state index in [-0.39, 0.29) is 0 Å². The van der Waals surface area contributed by atoms with E-state index in [4.69, 9.17) is 15.6 Å². The van der Waals surface area contributed by atoms with Gasteiger partial charge < -0.3 is 15.8 Å². The molecule has 0 spiro atoms. The molecule has 1 fully saturated rings. The van der Waals surface area contributed by atoms with Crippen LogP contribution in [0.1, 0.15) is 54.9 Å². The molecule has 1 aromatic heterocycles. The lowest BCUT2D eigenvalue weighted by Gasteiger charge is -2.34. The maximum absolute atomic E-state index is 12.4. The van der Waals surface area contributed by atoms with Crippen LogP contribution in [-0.2, 0) is 0 Å². The van der Waals surface area contributed by atoms with Gasteiger partial charge in [-0.2, -0.15) is 5.10 Å². The van der Waals surface area contributed by atoms with Crippen LogP contribution in [0.5, 0.6) is 11.5 Å². The minimum absolute atomic E-state index is 0.323. The van der Waals surface area contributed by atoms with E-state index in [1.807, 2.05) is 59.3 Å². The van der Waals surface area contributed by atoms with Crippen molar-refractivity contribution in [3.63, 3.8) is 0 Å². The van der Waals surface area contributed by atoms with Gasteiger partial charge in [-0.1, -0.05) is 37.5 Å². The van der Waals surface area contributed by atoms with Crippen LogP contribution < -0.4 is 15.8 Å². The molecule has 0 bridgehead atoms. The maximum atomic E-state index is 12.4. The molecule has 1 saturated carbocycles. The number of fused-ring (bicyclic) bond motifs is 1. The van der Waals surface area contributed by atoms with Gasteiger partial charge in [0.1, 0.15) is 28.6 Å². The molecule has 2 heterocycles. The fourth-order valence-electron chi connectivity index (χ4n) is 5.00. The number of hydrogen-bond acceptors (Lipinski definition) is 4. The van der Waals surface area contributed by atoms with Crippen LogP contribution in [0, 0.1) is 5.92 Å². The second kappa shape index (κ2) is 8.46. The van der Waals surface area contributed by atoms with Gasteiger partial charge in [-0.05, 0) is 61.6 Å². The summed E-state index contributed by atoms with van der Waals surface area (Å²) >= 11 is 0. The van der Waals surface area contributed by atoms with Crippen LogP contribution in [0.25, 0.3) is 11.3 Å². The Balaban J connectivity index is 1.47. The molecule has 1 amide bonds. The van der Waals surface area contributed by atoms with Gasteiger partial charge >= 0.3 is 0 Å². The maximum Gasteiger partial charge on any atom is 0.254 e. The average molecular weight is 417 g/mol. The number of benzene rings is 2. The van der Waals surface area contributed by atoms with E-state index in [0.717, 1.165) is 35.8 Å². The smallest absolute Gasteiger partial charge is 0.254 e. The number of anilines is 1. The van der Waals surface area contributed by atoms with Gasteiger partial charge in [0.05, 0.1) is 6.04 Å². The number of carbonyl (C=O) groups is 1. The molecule has 2 aromatic carbocycles. The highest BCUT2D eigenvalue weighted by Gasteiger charge is 2.34. The van der Waals surface area contributed by atoms with Crippen LogP contribution in [0.2, 0.25) is 0 Å². The van der Waals surface area contributed by atoms with E-state index < -0.39 is 5.91 Å². The number of nitrogens with two attached hydrogens (primary N) is 1. The predicted molar refractivity (Wildman–Crippen MR) is 121 cm³/mol. The number of nitrogens with zero attached hydrogens (tertiary/aromatic N) is 2. The summed E-state index contributed by atoms with van der Waals surface area (Å²) in [5.41, 5.74) is 7.81. The van der Waals surface area contributed by atoms with Crippen molar-refractivity contribution >= 4 is 11.7 Å². The van der Waals surface area contributed by atoms with Crippen molar-refractivity contribution in [2.45, 2.75) is 44.6 Å². The van der Waals surface area contributed by atoms with Crippen molar-refractivity contribution in [3.05, 3.63) is 60.2 Å².